The van der Waals surface area contributed by atoms with E-state index in [0.29, 0.717) is 27.8 Å². The van der Waals surface area contributed by atoms with Crippen LogP contribution in [0.3, 0.4) is 0 Å². The molecule has 5 N–H and O–H groups in total. The number of hydrogen-bond acceptors (Lipinski definition) is 5. The van der Waals surface area contributed by atoms with Gasteiger partial charge in [0, 0.05) is 36.1 Å². The van der Waals surface area contributed by atoms with Crippen molar-refractivity contribution in [3.05, 3.63) is 93.7 Å². The second-order valence-electron chi connectivity index (χ2n) is 7.39. The second-order valence-corrected chi connectivity index (χ2v) is 7.39. The smallest absolute Gasteiger partial charge is 0.287 e. The molecule has 8 nitrogen and oxygen atoms in total. The van der Waals surface area contributed by atoms with Crippen LogP contribution in [0.15, 0.2) is 65.6 Å². The molecule has 156 valence electrons. The lowest BCUT2D eigenvalue weighted by atomic mass is 10.0. The molecule has 2 aromatic heterocycles. The third kappa shape index (κ3) is 3.95. The Labute approximate surface area is 178 Å². The van der Waals surface area contributed by atoms with Crippen molar-refractivity contribution < 1.29 is 4.79 Å². The van der Waals surface area contributed by atoms with Gasteiger partial charge < -0.3 is 20.6 Å². The van der Waals surface area contributed by atoms with Crippen molar-refractivity contribution in [2.24, 2.45) is 7.05 Å². The van der Waals surface area contributed by atoms with E-state index in [9.17, 15) is 9.59 Å². The topological polar surface area (TPSA) is 130 Å². The molecular formula is C23H22N6O2. The number of nitrogens with zero attached hydrogens (tertiary/aromatic N) is 2. The van der Waals surface area contributed by atoms with Crippen molar-refractivity contribution in [1.29, 1.82) is 5.41 Å². The Bertz CT molecular complexity index is 1350. The van der Waals surface area contributed by atoms with Gasteiger partial charge in [-0.2, -0.15) is 0 Å². The molecule has 1 atom stereocenters. The number of imidazole rings is 1. The lowest BCUT2D eigenvalue weighted by Crippen LogP contribution is -2.27. The van der Waals surface area contributed by atoms with Crippen LogP contribution in [0.25, 0.3) is 11.0 Å². The Kier molecular flexibility index (Phi) is 5.12. The van der Waals surface area contributed by atoms with Crippen LogP contribution in [-0.4, -0.2) is 26.2 Å². The highest BCUT2D eigenvalue weighted by Gasteiger charge is 2.17. The van der Waals surface area contributed by atoms with E-state index < -0.39 is 0 Å². The third-order valence-corrected chi connectivity index (χ3v) is 5.16. The van der Waals surface area contributed by atoms with Gasteiger partial charge in [-0.1, -0.05) is 30.3 Å². The largest absolute Gasteiger partial charge is 0.398 e. The highest BCUT2D eigenvalue weighted by molar-refractivity contribution is 6.15. The summed E-state index contributed by atoms with van der Waals surface area (Å²) >= 11 is 0. The molecule has 2 aromatic carbocycles. The second kappa shape index (κ2) is 7.91. The van der Waals surface area contributed by atoms with Crippen LogP contribution in [0, 0.1) is 5.41 Å². The number of H-pyrrole nitrogens is 1. The predicted octanol–water partition coefficient (Wildman–Crippen LogP) is 2.75. The van der Waals surface area contributed by atoms with Crippen molar-refractivity contribution in [2.75, 3.05) is 5.73 Å². The number of nitrogens with two attached hydrogens (primary N) is 1. The number of aromatic amines is 1. The van der Waals surface area contributed by atoms with E-state index in [1.807, 2.05) is 37.3 Å². The molecule has 0 saturated carbocycles. The molecule has 4 rings (SSSR count). The zero-order valence-corrected chi connectivity index (χ0v) is 17.1. The number of carbonyl (C=O) groups excluding carboxylic acids is 1. The minimum absolute atomic E-state index is 0.158. The standard InChI is InChI=1S/C23H22N6O2/c1-13(14-6-4-3-5-7-14)26-23(31)22-27-18-10-16(17(24)11-19(18)28-22)21(25)15-8-9-20(30)29(2)12-15/h3-13,25H,24H2,1-2H3,(H,26,31)(H,27,28). The average Bonchev–Trinajstić information content (AvgIpc) is 3.18. The molecule has 0 aliphatic carbocycles. The maximum absolute atomic E-state index is 12.7. The Balaban J connectivity index is 1.62. The SMILES string of the molecule is CC(NC(=O)c1nc2cc(N)c(C(=N)c3ccc(=O)n(C)c3)cc2[nH]1)c1ccccc1. The number of nitrogen functional groups attached to an aromatic ring is 1. The number of nitrogens with one attached hydrogen (secondary N) is 3. The van der Waals surface area contributed by atoms with E-state index >= 15 is 0 Å². The van der Waals surface area contributed by atoms with Crippen LogP contribution in [-0.2, 0) is 7.05 Å². The molecule has 0 saturated heterocycles. The minimum Gasteiger partial charge on any atom is -0.398 e. The Morgan fingerprint density at radius 3 is 2.65 bits per heavy atom. The Hall–Kier alpha value is -4.20. The summed E-state index contributed by atoms with van der Waals surface area (Å²) in [5.41, 5.74) is 9.71. The van der Waals surface area contributed by atoms with Crippen molar-refractivity contribution >= 4 is 28.3 Å². The van der Waals surface area contributed by atoms with E-state index in [1.54, 1.807) is 31.4 Å². The van der Waals surface area contributed by atoms with E-state index in [2.05, 4.69) is 15.3 Å². The van der Waals surface area contributed by atoms with Crippen LogP contribution >= 0.6 is 0 Å². The third-order valence-electron chi connectivity index (χ3n) is 5.16. The monoisotopic (exact) mass is 414 g/mol. The zero-order valence-electron chi connectivity index (χ0n) is 17.1. The number of benzene rings is 2. The molecule has 0 aliphatic rings. The fraction of sp³-hybridized carbons (Fsp3) is 0.130. The summed E-state index contributed by atoms with van der Waals surface area (Å²) < 4.78 is 1.41. The van der Waals surface area contributed by atoms with Crippen LogP contribution in [0.4, 0.5) is 5.69 Å². The van der Waals surface area contributed by atoms with Gasteiger partial charge in [0.05, 0.1) is 22.8 Å². The van der Waals surface area contributed by atoms with Crippen molar-refractivity contribution in [2.45, 2.75) is 13.0 Å². The summed E-state index contributed by atoms with van der Waals surface area (Å²) in [7, 11) is 1.63. The summed E-state index contributed by atoms with van der Waals surface area (Å²) in [5.74, 6) is -0.163. The molecule has 0 radical (unpaired) electrons. The van der Waals surface area contributed by atoms with Crippen molar-refractivity contribution in [3.8, 4) is 0 Å². The van der Waals surface area contributed by atoms with E-state index in [0.717, 1.165) is 5.56 Å². The van der Waals surface area contributed by atoms with Gasteiger partial charge in [-0.3, -0.25) is 15.0 Å². The highest BCUT2D eigenvalue weighted by atomic mass is 16.2. The van der Waals surface area contributed by atoms with Crippen LogP contribution in [0.1, 0.15) is 40.3 Å². The van der Waals surface area contributed by atoms with E-state index in [1.165, 1.54) is 10.6 Å². The first-order valence-corrected chi connectivity index (χ1v) is 9.74. The summed E-state index contributed by atoms with van der Waals surface area (Å²) in [6, 6.07) is 15.8. The summed E-state index contributed by atoms with van der Waals surface area (Å²) in [4.78, 5) is 31.7. The number of aryl methyl sites for hydroxylation is 1. The van der Waals surface area contributed by atoms with Gasteiger partial charge in [0.1, 0.15) is 0 Å². The van der Waals surface area contributed by atoms with Gasteiger partial charge in [0.25, 0.3) is 5.91 Å². The quantitative estimate of drug-likeness (QED) is 0.295. The number of pyridine rings is 1. The number of carbonyl (C=O) groups is 1. The molecule has 31 heavy (non-hydrogen) atoms. The molecular weight excluding hydrogens is 392 g/mol. The summed E-state index contributed by atoms with van der Waals surface area (Å²) in [5, 5.41) is 11.4. The average molecular weight is 414 g/mol. The maximum Gasteiger partial charge on any atom is 0.287 e. The molecule has 2 heterocycles. The Morgan fingerprint density at radius 1 is 1.19 bits per heavy atom. The van der Waals surface area contributed by atoms with Crippen LogP contribution in [0.5, 0.6) is 0 Å². The summed E-state index contributed by atoms with van der Waals surface area (Å²) in [6.07, 6.45) is 1.59. The minimum atomic E-state index is -0.333. The molecule has 0 fully saturated rings. The molecule has 1 amide bonds. The predicted molar refractivity (Wildman–Crippen MR) is 120 cm³/mol. The number of hydrogen-bond donors (Lipinski definition) is 4. The first-order chi connectivity index (χ1) is 14.8. The Morgan fingerprint density at radius 2 is 1.94 bits per heavy atom. The molecule has 0 spiro atoms. The van der Waals surface area contributed by atoms with E-state index in [4.69, 9.17) is 11.1 Å². The first-order valence-electron chi connectivity index (χ1n) is 9.74. The molecule has 0 bridgehead atoms. The molecule has 1 unspecified atom stereocenters. The van der Waals surface area contributed by atoms with Gasteiger partial charge >= 0.3 is 0 Å². The van der Waals surface area contributed by atoms with Crippen molar-refractivity contribution in [3.63, 3.8) is 0 Å². The van der Waals surface area contributed by atoms with E-state index in [-0.39, 0.29) is 29.0 Å². The fourth-order valence-corrected chi connectivity index (χ4v) is 3.38. The van der Waals surface area contributed by atoms with Gasteiger partial charge in [-0.05, 0) is 30.7 Å². The fourth-order valence-electron chi connectivity index (χ4n) is 3.38. The molecule has 4 aromatic rings. The number of aromatic nitrogens is 3. The van der Waals surface area contributed by atoms with Crippen molar-refractivity contribution in [1.82, 2.24) is 19.9 Å². The maximum atomic E-state index is 12.7. The zero-order chi connectivity index (χ0) is 22.1. The lowest BCUT2D eigenvalue weighted by molar-refractivity contribution is 0.0930. The molecule has 8 heteroatoms. The highest BCUT2D eigenvalue weighted by Crippen LogP contribution is 2.23. The van der Waals surface area contributed by atoms with Crippen LogP contribution < -0.4 is 16.6 Å². The number of anilines is 1. The molecule has 0 aliphatic heterocycles. The normalized spacial score (nSPS) is 11.9. The van der Waals surface area contributed by atoms with Gasteiger partial charge in [-0.25, -0.2) is 4.98 Å². The lowest BCUT2D eigenvalue weighted by Gasteiger charge is -2.12. The van der Waals surface area contributed by atoms with Crippen LogP contribution in [0.2, 0.25) is 0 Å². The van der Waals surface area contributed by atoms with Gasteiger partial charge in [-0.15, -0.1) is 0 Å². The first kappa shape index (κ1) is 20.1. The van der Waals surface area contributed by atoms with Gasteiger partial charge in [0.2, 0.25) is 5.56 Å². The summed E-state index contributed by atoms with van der Waals surface area (Å²) in [6.45, 7) is 1.90. The number of amides is 1. The van der Waals surface area contributed by atoms with Gasteiger partial charge in [0.15, 0.2) is 5.82 Å². The number of rotatable bonds is 5. The number of fused-ring (bicyclic) bond motifs is 1.